The van der Waals surface area contributed by atoms with Crippen molar-refractivity contribution in [2.75, 3.05) is 7.11 Å². The molecule has 0 unspecified atom stereocenters. The molecule has 0 aliphatic rings. The fourth-order valence-electron chi connectivity index (χ4n) is 0.900. The summed E-state index contributed by atoms with van der Waals surface area (Å²) in [6.07, 6.45) is -2.95. The topological polar surface area (TPSA) is 27.1 Å². The van der Waals surface area contributed by atoms with Gasteiger partial charge in [-0.25, -0.2) is 0 Å². The number of rotatable bonds is 3. The molecule has 0 bridgehead atoms. The van der Waals surface area contributed by atoms with E-state index in [4.69, 9.17) is 4.74 Å². The van der Waals surface area contributed by atoms with Crippen LogP contribution in [0.15, 0.2) is 12.3 Å². The van der Waals surface area contributed by atoms with Gasteiger partial charge in [0.15, 0.2) is 0 Å². The van der Waals surface area contributed by atoms with Gasteiger partial charge in [-0.1, -0.05) is 13.8 Å². The average Bonchev–Trinajstić information content (AvgIpc) is 2.54. The zero-order valence-electron chi connectivity index (χ0n) is 9.01. The molecule has 0 saturated carbocycles. The molecule has 15 heavy (non-hydrogen) atoms. The number of hydrogen-bond acceptors (Lipinski definition) is 2. The highest BCUT2D eigenvalue weighted by molar-refractivity contribution is 4.97. The molecule has 88 valence electrons. The molecule has 3 nitrogen and oxygen atoms in total. The van der Waals surface area contributed by atoms with Crippen LogP contribution < -0.4 is 0 Å². The van der Waals surface area contributed by atoms with E-state index in [1.54, 1.807) is 0 Å². The maximum atomic E-state index is 11.8. The van der Waals surface area contributed by atoms with Crippen LogP contribution >= 0.6 is 0 Å². The highest BCUT2D eigenvalue weighted by Crippen LogP contribution is 2.16. The van der Waals surface area contributed by atoms with Gasteiger partial charge in [0, 0.05) is 13.3 Å². The molecule has 0 atom stereocenters. The van der Waals surface area contributed by atoms with Crippen LogP contribution in [0.3, 0.4) is 0 Å². The van der Waals surface area contributed by atoms with E-state index in [9.17, 15) is 13.2 Å². The quantitative estimate of drug-likeness (QED) is 0.789. The van der Waals surface area contributed by atoms with Gasteiger partial charge in [-0.15, -0.1) is 0 Å². The number of nitrogens with zero attached hydrogens (tertiary/aromatic N) is 2. The number of aromatic nitrogens is 2. The third-order valence-corrected chi connectivity index (χ3v) is 1.33. The van der Waals surface area contributed by atoms with E-state index < -0.39 is 12.7 Å². The second-order valence-electron chi connectivity index (χ2n) is 2.55. The Morgan fingerprint density at radius 2 is 2.00 bits per heavy atom. The summed E-state index contributed by atoms with van der Waals surface area (Å²) in [5, 5.41) is 3.66. The Balaban J connectivity index is 0.000000921. The molecular weight excluding hydrogens is 209 g/mol. The van der Waals surface area contributed by atoms with Crippen molar-refractivity contribution in [3.8, 4) is 0 Å². The van der Waals surface area contributed by atoms with Gasteiger partial charge >= 0.3 is 6.18 Å². The SMILES string of the molecule is CC.COCc1ccn(CC(F)(F)F)n1. The fourth-order valence-corrected chi connectivity index (χ4v) is 0.900. The minimum atomic E-state index is -4.23. The van der Waals surface area contributed by atoms with Crippen molar-refractivity contribution in [3.63, 3.8) is 0 Å². The smallest absolute Gasteiger partial charge is 0.378 e. The Bertz CT molecular complexity index is 271. The van der Waals surface area contributed by atoms with Crippen LogP contribution in [0.1, 0.15) is 19.5 Å². The van der Waals surface area contributed by atoms with Gasteiger partial charge in [-0.3, -0.25) is 4.68 Å². The van der Waals surface area contributed by atoms with E-state index in [1.165, 1.54) is 19.4 Å². The molecule has 0 fully saturated rings. The first kappa shape index (κ1) is 14.0. The summed E-state index contributed by atoms with van der Waals surface area (Å²) in [5.41, 5.74) is 0.492. The number of ether oxygens (including phenoxy) is 1. The standard InChI is InChI=1S/C7H9F3N2O.C2H6/c1-13-4-6-2-3-12(11-6)5-7(8,9)10;1-2/h2-3H,4-5H2,1H3;1-2H3. The molecule has 0 aliphatic carbocycles. The summed E-state index contributed by atoms with van der Waals surface area (Å²) in [5.74, 6) is 0. The van der Waals surface area contributed by atoms with Gasteiger partial charge in [-0.05, 0) is 6.07 Å². The lowest BCUT2D eigenvalue weighted by Gasteiger charge is -2.05. The monoisotopic (exact) mass is 224 g/mol. The summed E-state index contributed by atoms with van der Waals surface area (Å²) < 4.78 is 41.1. The summed E-state index contributed by atoms with van der Waals surface area (Å²) >= 11 is 0. The predicted octanol–water partition coefficient (Wildman–Crippen LogP) is 2.62. The van der Waals surface area contributed by atoms with Crippen LogP contribution in [0.5, 0.6) is 0 Å². The van der Waals surface area contributed by atoms with Crippen LogP contribution in [-0.4, -0.2) is 23.1 Å². The van der Waals surface area contributed by atoms with Crippen molar-refractivity contribution in [2.24, 2.45) is 0 Å². The summed E-state index contributed by atoms with van der Waals surface area (Å²) in [6.45, 7) is 3.17. The van der Waals surface area contributed by atoms with Crippen molar-refractivity contribution in [1.29, 1.82) is 0 Å². The van der Waals surface area contributed by atoms with Crippen molar-refractivity contribution < 1.29 is 17.9 Å². The predicted molar refractivity (Wildman–Crippen MR) is 50.3 cm³/mol. The number of methoxy groups -OCH3 is 1. The molecule has 6 heteroatoms. The summed E-state index contributed by atoms with van der Waals surface area (Å²) in [6, 6.07) is 1.50. The first-order valence-electron chi connectivity index (χ1n) is 4.59. The number of hydrogen-bond donors (Lipinski definition) is 0. The van der Waals surface area contributed by atoms with Gasteiger partial charge in [-0.2, -0.15) is 18.3 Å². The third-order valence-electron chi connectivity index (χ3n) is 1.33. The minimum Gasteiger partial charge on any atom is -0.378 e. The molecule has 0 N–H and O–H groups in total. The van der Waals surface area contributed by atoms with Gasteiger partial charge in [0.1, 0.15) is 6.54 Å². The Morgan fingerprint density at radius 1 is 1.40 bits per heavy atom. The van der Waals surface area contributed by atoms with Gasteiger partial charge < -0.3 is 4.74 Å². The van der Waals surface area contributed by atoms with Crippen LogP contribution in [0.2, 0.25) is 0 Å². The molecule has 1 rings (SSSR count). The lowest BCUT2D eigenvalue weighted by atomic mass is 10.5. The Morgan fingerprint density at radius 3 is 2.47 bits per heavy atom. The highest BCUT2D eigenvalue weighted by atomic mass is 19.4. The molecule has 1 aromatic heterocycles. The number of halogens is 3. The second-order valence-corrected chi connectivity index (χ2v) is 2.55. The molecule has 0 spiro atoms. The van der Waals surface area contributed by atoms with Crippen LogP contribution in [0.25, 0.3) is 0 Å². The second kappa shape index (κ2) is 6.44. The van der Waals surface area contributed by atoms with Crippen LogP contribution in [-0.2, 0) is 17.9 Å². The first-order valence-corrected chi connectivity index (χ1v) is 4.59. The van der Waals surface area contributed by atoms with E-state index >= 15 is 0 Å². The van der Waals surface area contributed by atoms with Gasteiger partial charge in [0.25, 0.3) is 0 Å². The van der Waals surface area contributed by atoms with Gasteiger partial charge in [0.05, 0.1) is 12.3 Å². The lowest BCUT2D eigenvalue weighted by Crippen LogP contribution is -2.18. The molecule has 0 radical (unpaired) electrons. The zero-order chi connectivity index (χ0) is 11.9. The molecule has 0 aliphatic heterocycles. The van der Waals surface area contributed by atoms with Crippen LogP contribution in [0.4, 0.5) is 13.2 Å². The van der Waals surface area contributed by atoms with E-state index in [1.807, 2.05) is 13.8 Å². The molecule has 0 saturated heterocycles. The van der Waals surface area contributed by atoms with Crippen molar-refractivity contribution in [3.05, 3.63) is 18.0 Å². The normalized spacial score (nSPS) is 10.8. The maximum Gasteiger partial charge on any atom is 0.408 e. The lowest BCUT2D eigenvalue weighted by molar-refractivity contribution is -0.142. The fraction of sp³-hybridized carbons (Fsp3) is 0.667. The first-order chi connectivity index (χ1) is 7.01. The van der Waals surface area contributed by atoms with Crippen molar-refractivity contribution >= 4 is 0 Å². The summed E-state index contributed by atoms with van der Waals surface area (Å²) in [4.78, 5) is 0. The highest BCUT2D eigenvalue weighted by Gasteiger charge is 2.28. The van der Waals surface area contributed by atoms with E-state index in [0.29, 0.717) is 5.69 Å². The van der Waals surface area contributed by atoms with Crippen molar-refractivity contribution in [1.82, 2.24) is 9.78 Å². The zero-order valence-corrected chi connectivity index (χ0v) is 9.01. The molecule has 1 heterocycles. The molecule has 0 aromatic carbocycles. The van der Waals surface area contributed by atoms with E-state index in [2.05, 4.69) is 5.10 Å². The maximum absolute atomic E-state index is 11.8. The Kier molecular flexibility index (Phi) is 6.00. The van der Waals surface area contributed by atoms with Gasteiger partial charge in [0.2, 0.25) is 0 Å². The Hall–Kier alpha value is -1.04. The van der Waals surface area contributed by atoms with Crippen LogP contribution in [0, 0.1) is 0 Å². The van der Waals surface area contributed by atoms with E-state index in [-0.39, 0.29) is 6.61 Å². The van der Waals surface area contributed by atoms with E-state index in [0.717, 1.165) is 4.68 Å². The molecular formula is C9H15F3N2O. The third kappa shape index (κ3) is 6.11. The summed E-state index contributed by atoms with van der Waals surface area (Å²) in [7, 11) is 1.46. The van der Waals surface area contributed by atoms with Crippen molar-refractivity contribution in [2.45, 2.75) is 33.2 Å². The average molecular weight is 224 g/mol. The molecule has 1 aromatic rings. The minimum absolute atomic E-state index is 0.227. The largest absolute Gasteiger partial charge is 0.408 e. The molecule has 0 amide bonds. The Labute approximate surface area is 86.8 Å². The number of alkyl halides is 3.